The van der Waals surface area contributed by atoms with Crippen LogP contribution in [-0.2, 0) is 4.79 Å². The second-order valence-electron chi connectivity index (χ2n) is 7.80. The largest absolute Gasteiger partial charge is 0.493 e. The van der Waals surface area contributed by atoms with Crippen molar-refractivity contribution in [2.75, 3.05) is 18.5 Å². The van der Waals surface area contributed by atoms with Gasteiger partial charge in [0.2, 0.25) is 11.8 Å². The summed E-state index contributed by atoms with van der Waals surface area (Å²) in [5.41, 5.74) is 0.582. The molecule has 0 bridgehead atoms. The molecular formula is C23H23ClIN3O5. The fourth-order valence-electron chi connectivity index (χ4n) is 3.75. The summed E-state index contributed by atoms with van der Waals surface area (Å²) in [5, 5.41) is 14.2. The summed E-state index contributed by atoms with van der Waals surface area (Å²) in [6.07, 6.45) is 0.606. The van der Waals surface area contributed by atoms with Crippen LogP contribution in [0.4, 0.5) is 5.69 Å². The summed E-state index contributed by atoms with van der Waals surface area (Å²) in [4.78, 5) is 28.9. The highest BCUT2D eigenvalue weighted by atomic mass is 127. The van der Waals surface area contributed by atoms with E-state index in [1.807, 2.05) is 19.9 Å². The maximum atomic E-state index is 13.3. The lowest BCUT2D eigenvalue weighted by molar-refractivity contribution is -0.120. The number of imidazole rings is 1. The number of carbonyl (C=O) groups excluding carboxylic acids is 1. The van der Waals surface area contributed by atoms with E-state index >= 15 is 0 Å². The van der Waals surface area contributed by atoms with Crippen molar-refractivity contribution in [1.29, 1.82) is 0 Å². The minimum atomic E-state index is -0.958. The van der Waals surface area contributed by atoms with Crippen LogP contribution in [0.1, 0.15) is 26.3 Å². The van der Waals surface area contributed by atoms with E-state index < -0.39 is 17.6 Å². The van der Waals surface area contributed by atoms with E-state index in [0.29, 0.717) is 47.4 Å². The number of ether oxygens (including phenoxy) is 2. The van der Waals surface area contributed by atoms with Gasteiger partial charge in [-0.05, 0) is 64.9 Å². The number of aromatic nitrogens is 2. The number of aromatic amines is 1. The maximum absolute atomic E-state index is 13.3. The molecule has 3 aromatic rings. The monoisotopic (exact) mass is 583 g/mol. The summed E-state index contributed by atoms with van der Waals surface area (Å²) in [6.45, 7) is 4.64. The zero-order valence-corrected chi connectivity index (χ0v) is 20.9. The van der Waals surface area contributed by atoms with Crippen LogP contribution in [0, 0.1) is 9.49 Å². The molecular weight excluding hydrogens is 561 g/mol. The number of nitrogens with zero attached hydrogens (tertiary/aromatic N) is 1. The Bertz CT molecular complexity index is 1260. The molecule has 33 heavy (non-hydrogen) atoms. The molecule has 1 aliphatic heterocycles. The summed E-state index contributed by atoms with van der Waals surface area (Å²) in [5.74, 6) is 0.0948. The zero-order chi connectivity index (χ0) is 23.7. The van der Waals surface area contributed by atoms with E-state index in [4.69, 9.17) is 21.1 Å². The molecule has 0 aliphatic carbocycles. The minimum Gasteiger partial charge on any atom is -0.493 e. The van der Waals surface area contributed by atoms with E-state index in [9.17, 15) is 14.7 Å². The van der Waals surface area contributed by atoms with Gasteiger partial charge >= 0.3 is 5.69 Å². The molecule has 0 unspecified atom stereocenters. The first-order valence-corrected chi connectivity index (χ1v) is 11.9. The van der Waals surface area contributed by atoms with Crippen molar-refractivity contribution in [1.82, 2.24) is 9.55 Å². The van der Waals surface area contributed by atoms with Crippen molar-refractivity contribution in [2.24, 2.45) is 5.92 Å². The number of amides is 1. The smallest absolute Gasteiger partial charge is 0.329 e. The number of carbonyl (C=O) groups is 1. The van der Waals surface area contributed by atoms with Gasteiger partial charge in [0.15, 0.2) is 11.5 Å². The molecule has 0 saturated carbocycles. The number of fused-ring (bicyclic) bond motifs is 1. The Kier molecular flexibility index (Phi) is 6.89. The molecule has 10 heteroatoms. The van der Waals surface area contributed by atoms with Crippen LogP contribution >= 0.6 is 34.2 Å². The molecule has 174 valence electrons. The molecule has 1 aliphatic rings. The van der Waals surface area contributed by atoms with Crippen LogP contribution < -0.4 is 20.5 Å². The van der Waals surface area contributed by atoms with Crippen molar-refractivity contribution in [3.8, 4) is 28.6 Å². The third kappa shape index (κ3) is 4.70. The van der Waals surface area contributed by atoms with Crippen LogP contribution in [0.3, 0.4) is 0 Å². The third-order valence-corrected chi connectivity index (χ3v) is 6.64. The highest BCUT2D eigenvalue weighted by Gasteiger charge is 2.32. The van der Waals surface area contributed by atoms with Crippen LogP contribution in [-0.4, -0.2) is 33.8 Å². The second-order valence-corrected chi connectivity index (χ2v) is 9.45. The van der Waals surface area contributed by atoms with Crippen molar-refractivity contribution < 1.29 is 19.4 Å². The summed E-state index contributed by atoms with van der Waals surface area (Å²) >= 11 is 8.41. The van der Waals surface area contributed by atoms with Crippen LogP contribution in [0.2, 0.25) is 5.02 Å². The number of aromatic hydroxyl groups is 1. The van der Waals surface area contributed by atoms with Crippen LogP contribution in [0.15, 0.2) is 41.2 Å². The number of anilines is 1. The molecule has 0 radical (unpaired) electrons. The lowest BCUT2D eigenvalue weighted by Crippen LogP contribution is -2.36. The van der Waals surface area contributed by atoms with Gasteiger partial charge in [-0.15, -0.1) is 0 Å². The Labute approximate surface area is 209 Å². The van der Waals surface area contributed by atoms with Gasteiger partial charge in [-0.3, -0.25) is 4.79 Å². The summed E-state index contributed by atoms with van der Waals surface area (Å²) in [7, 11) is 0. The number of H-pyrrole nitrogens is 1. The normalized spacial score (nSPS) is 14.5. The fraction of sp³-hybridized carbons (Fsp3) is 0.304. The average Bonchev–Trinajstić information content (AvgIpc) is 3.09. The van der Waals surface area contributed by atoms with E-state index in [-0.39, 0.29) is 17.5 Å². The van der Waals surface area contributed by atoms with E-state index in [0.717, 1.165) is 8.14 Å². The number of nitrogens with one attached hydrogen (secondary N) is 2. The molecule has 2 aromatic carbocycles. The predicted octanol–water partition coefficient (Wildman–Crippen LogP) is 4.80. The molecule has 0 saturated heterocycles. The molecule has 4 rings (SSSR count). The predicted molar refractivity (Wildman–Crippen MR) is 134 cm³/mol. The SMILES string of the molecule is CC[C@H](C)[C@@H](C(=O)Nc1ccc(I)cc1Cl)n1c(O)c(-c2ccc3c(c2)OCCO3)[nH]c1=O. The van der Waals surface area contributed by atoms with E-state index in [1.165, 1.54) is 0 Å². The molecule has 1 aromatic heterocycles. The molecule has 3 N–H and O–H groups in total. The standard InChI is InChI=1S/C23H23ClIN3O5/c1-3-12(2)20(21(29)26-16-6-5-14(25)11-15(16)24)28-22(30)19(27-23(28)31)13-4-7-17-18(10-13)33-9-8-32-17/h4-7,10-12,20,30H,3,8-9H2,1-2H3,(H,26,29)(H,27,31)/t12-,20-/m0/s1. The zero-order valence-electron chi connectivity index (χ0n) is 18.0. The lowest BCUT2D eigenvalue weighted by Gasteiger charge is -2.24. The Hall–Kier alpha value is -2.66. The first-order valence-electron chi connectivity index (χ1n) is 10.5. The van der Waals surface area contributed by atoms with Crippen molar-refractivity contribution >= 4 is 45.8 Å². The van der Waals surface area contributed by atoms with Crippen molar-refractivity contribution in [3.05, 3.63) is 55.5 Å². The third-order valence-electron chi connectivity index (χ3n) is 5.65. The molecule has 0 spiro atoms. The summed E-state index contributed by atoms with van der Waals surface area (Å²) in [6, 6.07) is 9.42. The number of halogens is 2. The Balaban J connectivity index is 1.72. The van der Waals surface area contributed by atoms with Gasteiger partial charge in [0.25, 0.3) is 0 Å². The highest BCUT2D eigenvalue weighted by molar-refractivity contribution is 14.1. The number of benzene rings is 2. The first kappa shape index (κ1) is 23.5. The molecule has 1 amide bonds. The fourth-order valence-corrected chi connectivity index (χ4v) is 4.65. The van der Waals surface area contributed by atoms with Gasteiger partial charge in [0.1, 0.15) is 24.9 Å². The van der Waals surface area contributed by atoms with Crippen molar-refractivity contribution in [2.45, 2.75) is 26.3 Å². The number of rotatable bonds is 6. The van der Waals surface area contributed by atoms with Gasteiger partial charge < -0.3 is 24.9 Å². The van der Waals surface area contributed by atoms with Crippen LogP contribution in [0.25, 0.3) is 11.3 Å². The topological polar surface area (TPSA) is 106 Å². The van der Waals surface area contributed by atoms with Gasteiger partial charge in [-0.2, -0.15) is 0 Å². The maximum Gasteiger partial charge on any atom is 0.329 e. The molecule has 8 nitrogen and oxygen atoms in total. The lowest BCUT2D eigenvalue weighted by atomic mass is 9.98. The summed E-state index contributed by atoms with van der Waals surface area (Å²) < 4.78 is 13.2. The molecule has 0 fully saturated rings. The van der Waals surface area contributed by atoms with Gasteiger partial charge in [-0.25, -0.2) is 9.36 Å². The molecule has 2 heterocycles. The van der Waals surface area contributed by atoms with E-state index in [1.54, 1.807) is 30.3 Å². The highest BCUT2D eigenvalue weighted by Crippen LogP contribution is 2.38. The Morgan fingerprint density at radius 3 is 2.67 bits per heavy atom. The number of hydrogen-bond donors (Lipinski definition) is 3. The molecule has 2 atom stereocenters. The first-order chi connectivity index (χ1) is 15.8. The quantitative estimate of drug-likeness (QED) is 0.362. The van der Waals surface area contributed by atoms with Gasteiger partial charge in [0, 0.05) is 9.13 Å². The van der Waals surface area contributed by atoms with Gasteiger partial charge in [-0.1, -0.05) is 31.9 Å². The second kappa shape index (κ2) is 9.68. The Morgan fingerprint density at radius 1 is 1.24 bits per heavy atom. The minimum absolute atomic E-state index is 0.199. The van der Waals surface area contributed by atoms with Crippen molar-refractivity contribution in [3.63, 3.8) is 0 Å². The van der Waals surface area contributed by atoms with Gasteiger partial charge in [0.05, 0.1) is 10.7 Å². The Morgan fingerprint density at radius 2 is 1.97 bits per heavy atom. The average molecular weight is 584 g/mol. The van der Waals surface area contributed by atoms with Crippen LogP contribution in [0.5, 0.6) is 17.4 Å². The number of hydrogen-bond acceptors (Lipinski definition) is 5. The van der Waals surface area contributed by atoms with E-state index in [2.05, 4.69) is 32.9 Å².